The molecule has 1 aliphatic rings. The number of cyclic esters (lactones) is 1. The molecule has 7 heteroatoms. The van der Waals surface area contributed by atoms with Gasteiger partial charge in [-0.05, 0) is 23.5 Å². The summed E-state index contributed by atoms with van der Waals surface area (Å²) in [5, 5.41) is 0. The van der Waals surface area contributed by atoms with Crippen molar-refractivity contribution in [2.45, 2.75) is 110 Å². The number of Topliss-reactive ketones (excluding diaryl/α,β-unsaturated/α-hetero) is 2. The summed E-state index contributed by atoms with van der Waals surface area (Å²) in [6.07, 6.45) is 0.854. The molecule has 0 bridgehead atoms. The Kier molecular flexibility index (Phi) is 8.84. The van der Waals surface area contributed by atoms with Crippen LogP contribution >= 0.6 is 0 Å². The fourth-order valence-electron chi connectivity index (χ4n) is 4.52. The number of hydrogen-bond donors (Lipinski definition) is 0. The van der Waals surface area contributed by atoms with Crippen LogP contribution in [0.5, 0.6) is 0 Å². The second-order valence-electron chi connectivity index (χ2n) is 9.41. The maximum atomic E-state index is 12.5. The molecule has 0 aromatic heterocycles. The van der Waals surface area contributed by atoms with E-state index >= 15 is 0 Å². The molecular formula is C22H38O6Si. The van der Waals surface area contributed by atoms with Gasteiger partial charge in [0.2, 0.25) is 14.1 Å². The molecular weight excluding hydrogens is 388 g/mol. The normalized spacial score (nSPS) is 17.8. The van der Waals surface area contributed by atoms with E-state index in [0.29, 0.717) is 16.6 Å². The third kappa shape index (κ3) is 7.06. The lowest BCUT2D eigenvalue weighted by molar-refractivity contribution is -0.205. The Morgan fingerprint density at radius 2 is 1.48 bits per heavy atom. The maximum absolute atomic E-state index is 12.5. The molecule has 1 rings (SSSR count). The fourth-order valence-corrected chi connectivity index (χ4v) is 10.1. The number of hydrogen-bond acceptors (Lipinski definition) is 6. The number of rotatable bonds is 11. The standard InChI is InChI=1S/C22H38O6Si/c1-14(2)29(15(3)4,16(5)6)28-17(7)10-18(23)11-19(24)12-20-13-21(25)27-22(8,9)26-20/h13-17H,10-12H2,1-9H3/t17-/m0/s1. The number of carbonyl (C=O) groups excluding carboxylic acids is 3. The smallest absolute Gasteiger partial charge is 0.337 e. The SMILES string of the molecule is CC(C)[Si](O[C@@H](C)CC(=O)CC(=O)CC1=CC(=O)OC(C)(C)O1)(C(C)C)C(C)C. The molecule has 0 radical (unpaired) electrons. The van der Waals surface area contributed by atoms with Crippen molar-refractivity contribution in [1.29, 1.82) is 0 Å². The highest BCUT2D eigenvalue weighted by Gasteiger charge is 2.46. The van der Waals surface area contributed by atoms with Crippen molar-refractivity contribution < 1.29 is 28.3 Å². The van der Waals surface area contributed by atoms with Crippen LogP contribution in [0.2, 0.25) is 16.6 Å². The fraction of sp³-hybridized carbons (Fsp3) is 0.773. The molecule has 0 saturated carbocycles. The first-order valence-electron chi connectivity index (χ1n) is 10.5. The van der Waals surface area contributed by atoms with E-state index in [0.717, 1.165) is 6.08 Å². The maximum Gasteiger partial charge on any atom is 0.337 e. The summed E-state index contributed by atoms with van der Waals surface area (Å²) in [7, 11) is -2.07. The molecule has 0 aromatic rings. The van der Waals surface area contributed by atoms with E-state index in [1.165, 1.54) is 0 Å². The zero-order valence-corrected chi connectivity index (χ0v) is 20.5. The first kappa shape index (κ1) is 25.6. The first-order chi connectivity index (χ1) is 13.2. The summed E-state index contributed by atoms with van der Waals surface area (Å²) in [5.41, 5.74) is 1.29. The van der Waals surface area contributed by atoms with E-state index in [4.69, 9.17) is 13.9 Å². The van der Waals surface area contributed by atoms with Crippen LogP contribution in [-0.2, 0) is 28.3 Å². The minimum Gasteiger partial charge on any atom is -0.456 e. The van der Waals surface area contributed by atoms with Gasteiger partial charge in [-0.3, -0.25) is 9.59 Å². The van der Waals surface area contributed by atoms with Gasteiger partial charge in [0.15, 0.2) is 0 Å². The number of ether oxygens (including phenoxy) is 2. The van der Waals surface area contributed by atoms with Gasteiger partial charge in [-0.25, -0.2) is 4.79 Å². The average Bonchev–Trinajstić information content (AvgIpc) is 2.48. The van der Waals surface area contributed by atoms with Crippen molar-refractivity contribution >= 4 is 25.9 Å². The summed E-state index contributed by atoms with van der Waals surface area (Å²) in [6, 6.07) is 0. The Bertz CT molecular complexity index is 626. The van der Waals surface area contributed by atoms with E-state index in [1.807, 2.05) is 6.92 Å². The third-order valence-electron chi connectivity index (χ3n) is 5.40. The van der Waals surface area contributed by atoms with Crippen LogP contribution in [0.15, 0.2) is 11.8 Å². The van der Waals surface area contributed by atoms with Gasteiger partial charge in [-0.2, -0.15) is 0 Å². The molecule has 0 aliphatic carbocycles. The Morgan fingerprint density at radius 3 is 1.93 bits per heavy atom. The number of esters is 1. The van der Waals surface area contributed by atoms with Gasteiger partial charge in [0.25, 0.3) is 0 Å². The molecule has 0 saturated heterocycles. The van der Waals surface area contributed by atoms with E-state index in [2.05, 4.69) is 41.5 Å². The molecule has 0 N–H and O–H groups in total. The molecule has 1 aliphatic heterocycles. The van der Waals surface area contributed by atoms with Crippen molar-refractivity contribution in [2.24, 2.45) is 0 Å². The summed E-state index contributed by atoms with van der Waals surface area (Å²) in [6.45, 7) is 18.3. The number of carbonyl (C=O) groups is 3. The van der Waals surface area contributed by atoms with Gasteiger partial charge in [-0.1, -0.05) is 41.5 Å². The molecule has 166 valence electrons. The van der Waals surface area contributed by atoms with Crippen molar-refractivity contribution in [1.82, 2.24) is 0 Å². The predicted molar refractivity (Wildman–Crippen MR) is 115 cm³/mol. The topological polar surface area (TPSA) is 78.9 Å². The van der Waals surface area contributed by atoms with Crippen molar-refractivity contribution in [2.75, 3.05) is 0 Å². The van der Waals surface area contributed by atoms with Crippen LogP contribution in [0, 0.1) is 0 Å². The van der Waals surface area contributed by atoms with E-state index in [1.54, 1.807) is 13.8 Å². The van der Waals surface area contributed by atoms with E-state index in [-0.39, 0.29) is 42.7 Å². The predicted octanol–water partition coefficient (Wildman–Crippen LogP) is 5.07. The van der Waals surface area contributed by atoms with Crippen LogP contribution in [-0.4, -0.2) is 37.7 Å². The summed E-state index contributed by atoms with van der Waals surface area (Å²) < 4.78 is 17.1. The zero-order chi connectivity index (χ0) is 22.6. The van der Waals surface area contributed by atoms with E-state index in [9.17, 15) is 14.4 Å². The van der Waals surface area contributed by atoms with Gasteiger partial charge in [0.1, 0.15) is 17.3 Å². The molecule has 0 unspecified atom stereocenters. The number of allylic oxidation sites excluding steroid dienone is 1. The largest absolute Gasteiger partial charge is 0.456 e. The summed E-state index contributed by atoms with van der Waals surface area (Å²) in [5.74, 6) is -1.85. The van der Waals surface area contributed by atoms with Crippen LogP contribution in [0.3, 0.4) is 0 Å². The van der Waals surface area contributed by atoms with Crippen molar-refractivity contribution in [3.8, 4) is 0 Å². The van der Waals surface area contributed by atoms with Gasteiger partial charge in [0, 0.05) is 26.4 Å². The third-order valence-corrected chi connectivity index (χ3v) is 11.6. The second-order valence-corrected chi connectivity index (χ2v) is 14.8. The average molecular weight is 427 g/mol. The van der Waals surface area contributed by atoms with Gasteiger partial charge < -0.3 is 13.9 Å². The van der Waals surface area contributed by atoms with Crippen molar-refractivity contribution in [3.05, 3.63) is 11.8 Å². The molecule has 0 amide bonds. The van der Waals surface area contributed by atoms with Gasteiger partial charge in [-0.15, -0.1) is 0 Å². The van der Waals surface area contributed by atoms with E-state index < -0.39 is 20.1 Å². The van der Waals surface area contributed by atoms with Crippen LogP contribution in [0.25, 0.3) is 0 Å². The van der Waals surface area contributed by atoms with Crippen molar-refractivity contribution in [3.63, 3.8) is 0 Å². The molecule has 29 heavy (non-hydrogen) atoms. The zero-order valence-electron chi connectivity index (χ0n) is 19.5. The Morgan fingerprint density at radius 1 is 0.966 bits per heavy atom. The second kappa shape index (κ2) is 10.0. The first-order valence-corrected chi connectivity index (χ1v) is 12.7. The lowest BCUT2D eigenvalue weighted by Crippen LogP contribution is -2.50. The van der Waals surface area contributed by atoms with Crippen LogP contribution < -0.4 is 0 Å². The highest BCUT2D eigenvalue weighted by Crippen LogP contribution is 2.43. The van der Waals surface area contributed by atoms with Gasteiger partial charge >= 0.3 is 5.97 Å². The highest BCUT2D eigenvalue weighted by atomic mass is 28.4. The Labute approximate surface area is 176 Å². The van der Waals surface area contributed by atoms with Gasteiger partial charge in [0.05, 0.1) is 18.9 Å². The minimum atomic E-state index is -2.07. The molecule has 0 spiro atoms. The molecule has 0 fully saturated rings. The minimum absolute atomic E-state index is 0.0951. The Hall–Kier alpha value is -1.47. The lowest BCUT2D eigenvalue weighted by atomic mass is 10.1. The molecule has 1 heterocycles. The Balaban J connectivity index is 2.67. The molecule has 1 atom stereocenters. The quantitative estimate of drug-likeness (QED) is 0.261. The highest BCUT2D eigenvalue weighted by molar-refractivity contribution is 6.77. The lowest BCUT2D eigenvalue weighted by Gasteiger charge is -2.44. The number of ketones is 2. The molecule has 6 nitrogen and oxygen atoms in total. The summed E-state index contributed by atoms with van der Waals surface area (Å²) in [4.78, 5) is 36.3. The van der Waals surface area contributed by atoms with Crippen LogP contribution in [0.1, 0.15) is 81.6 Å². The molecule has 0 aromatic carbocycles. The monoisotopic (exact) mass is 426 g/mol. The van der Waals surface area contributed by atoms with Crippen LogP contribution in [0.4, 0.5) is 0 Å². The summed E-state index contributed by atoms with van der Waals surface area (Å²) >= 11 is 0.